The van der Waals surface area contributed by atoms with Crippen LogP contribution < -0.4 is 0 Å². The Labute approximate surface area is 884 Å². The van der Waals surface area contributed by atoms with Crippen LogP contribution in [0.5, 0.6) is 0 Å². The minimum absolute atomic E-state index is 0.0170. The number of hydrogen-bond donors (Lipinski definition) is 0. The van der Waals surface area contributed by atoms with E-state index in [4.69, 9.17) is 164 Å². The molecule has 0 saturated carbocycles. The highest BCUT2D eigenvalue weighted by Crippen LogP contribution is 2.51. The fourth-order valence-corrected chi connectivity index (χ4v) is 25.4. The standard InChI is InChI=1S/C104H198O35Si7/c1-98(2,3)140(34,35)119-54-63-70-77(105-22)85(112-29)92(127-63)135-72-65(56-121-142(38,39)100(7,8)9)129-94(87(114-31)79(72)107-24)137-74-67(58-123-144(42,43)102(13,14)15)131-96(89(116-33)81(74)109-26)139-76-69(60-125-146(46,47)104(19,20)21)132-97(90-83(76)117-52-61-50-48-49-51-62(61)53-118-90)138-75-68(59-124-145(44,45)103(16,17)18)130-95(88(115-32)82(75)110-27)136-73-66(57-122-143(40,41)101(10,11)12)128-93(86(113-30)80(73)108-25)134-71-64(55-120-141(36,37)99(4,5)6)126-91(133-70)84(111-28)78(71)106-23/h48-51,63-97H,52-60H2,1-47H3. The van der Waals surface area contributed by atoms with Crippen molar-refractivity contribution in [2.75, 3.05) is 132 Å². The first-order valence-electron chi connectivity index (χ1n) is 52.8. The minimum Gasteiger partial charge on any atom is -0.414 e. The first kappa shape index (κ1) is 127. The molecule has 0 N–H and O–H groups in total. The van der Waals surface area contributed by atoms with Crippen LogP contribution in [-0.4, -0.2) is 405 Å². The van der Waals surface area contributed by atoms with Gasteiger partial charge in [0, 0.05) is 85.3 Å². The fourth-order valence-electron chi connectivity index (χ4n) is 18.3. The summed E-state index contributed by atoms with van der Waals surface area (Å²) in [5.41, 5.74) is 1.79. The molecule has 22 rings (SSSR count). The lowest BCUT2D eigenvalue weighted by atomic mass is 9.94. The predicted octanol–water partition coefficient (Wildman–Crippen LogP) is 16.6. The smallest absolute Gasteiger partial charge is 0.192 e. The van der Waals surface area contributed by atoms with Crippen molar-refractivity contribution in [2.24, 2.45) is 0 Å². The second kappa shape index (κ2) is 50.5. The number of fused-ring (bicyclic) bond motifs is 1. The molecule has 20 saturated heterocycles. The third-order valence-corrected chi connectivity index (χ3v) is 66.8. The lowest BCUT2D eigenvalue weighted by Gasteiger charge is -2.53. The van der Waals surface area contributed by atoms with Gasteiger partial charge in [-0.1, -0.05) is 170 Å². The summed E-state index contributed by atoms with van der Waals surface area (Å²) >= 11 is 0. The van der Waals surface area contributed by atoms with Crippen LogP contribution in [0.25, 0.3) is 0 Å². The van der Waals surface area contributed by atoms with Crippen molar-refractivity contribution in [3.63, 3.8) is 0 Å². The van der Waals surface area contributed by atoms with Crippen LogP contribution in [0, 0.1) is 0 Å². The second-order valence-electron chi connectivity index (χ2n) is 51.7. The molecule has 1 aromatic carbocycles. The zero-order chi connectivity index (χ0) is 109. The van der Waals surface area contributed by atoms with Crippen LogP contribution in [0.1, 0.15) is 157 Å². The molecule has 146 heavy (non-hydrogen) atoms. The Morgan fingerprint density at radius 2 is 0.336 bits per heavy atom. The van der Waals surface area contributed by atoms with Crippen LogP contribution >= 0.6 is 0 Å². The Morgan fingerprint density at radius 3 is 0.500 bits per heavy atom. The quantitative estimate of drug-likeness (QED) is 0.0590. The van der Waals surface area contributed by atoms with E-state index in [2.05, 4.69) is 237 Å². The molecule has 21 aliphatic rings. The van der Waals surface area contributed by atoms with Gasteiger partial charge in [0.05, 0.1) is 59.5 Å². The Balaban J connectivity index is 1.24. The van der Waals surface area contributed by atoms with Crippen LogP contribution in [-0.2, 0) is 177 Å². The average Bonchev–Trinajstić information content (AvgIpc) is 0.764. The summed E-state index contributed by atoms with van der Waals surface area (Å²) in [5, 5.41) is -1.94. The highest BCUT2D eigenvalue weighted by molar-refractivity contribution is 6.76. The van der Waals surface area contributed by atoms with Gasteiger partial charge in [-0.2, -0.15) is 0 Å². The fraction of sp³-hybridized carbons (Fsp3) is 0.942. The van der Waals surface area contributed by atoms with Gasteiger partial charge in [-0.15, -0.1) is 0 Å². The van der Waals surface area contributed by atoms with E-state index in [1.54, 1.807) is 85.3 Å². The summed E-state index contributed by atoms with van der Waals surface area (Å²) in [6, 6.07) is 8.04. The van der Waals surface area contributed by atoms with Gasteiger partial charge < -0.3 is 164 Å². The summed E-state index contributed by atoms with van der Waals surface area (Å²) in [6.45, 7) is 76.8. The van der Waals surface area contributed by atoms with Gasteiger partial charge in [0.25, 0.3) is 0 Å². The summed E-state index contributed by atoms with van der Waals surface area (Å²) in [5.74, 6) is 0. The molecule has 852 valence electrons. The highest BCUT2D eigenvalue weighted by atomic mass is 28.4. The number of benzene rings is 1. The Bertz CT molecular complexity index is 4050. The summed E-state index contributed by atoms with van der Waals surface area (Å²) < 4.78 is 255. The van der Waals surface area contributed by atoms with Crippen molar-refractivity contribution in [1.82, 2.24) is 0 Å². The van der Waals surface area contributed by atoms with E-state index in [0.717, 1.165) is 11.1 Å². The highest BCUT2D eigenvalue weighted by Gasteiger charge is 2.65. The third-order valence-electron chi connectivity index (χ3n) is 35.3. The van der Waals surface area contributed by atoms with E-state index < -0.39 is 273 Å². The molecule has 35 unspecified atom stereocenters. The maximum Gasteiger partial charge on any atom is 0.192 e. The maximum absolute atomic E-state index is 7.86. The molecule has 14 bridgehead atoms. The zero-order valence-electron chi connectivity index (χ0n) is 98.2. The normalized spacial score (nSPS) is 37.0. The largest absolute Gasteiger partial charge is 0.414 e. The van der Waals surface area contributed by atoms with Crippen molar-refractivity contribution >= 4 is 58.2 Å². The monoisotopic (exact) mass is 2200 g/mol. The molecule has 0 radical (unpaired) electrons. The van der Waals surface area contributed by atoms with Gasteiger partial charge in [0.15, 0.2) is 102 Å². The average molecular weight is 2210 g/mol. The van der Waals surface area contributed by atoms with E-state index in [-0.39, 0.29) is 94.7 Å². The van der Waals surface area contributed by atoms with Gasteiger partial charge in [-0.3, -0.25) is 0 Å². The summed E-state index contributed by atoms with van der Waals surface area (Å²) in [4.78, 5) is 0. The summed E-state index contributed by atoms with van der Waals surface area (Å²) in [7, 11) is 0.331. The minimum atomic E-state index is -2.71. The molecule has 21 aliphatic heterocycles. The number of methoxy groups -OCH3 is 12. The molecular weight excluding hydrogens is 2010 g/mol. The van der Waals surface area contributed by atoms with Gasteiger partial charge >= 0.3 is 0 Å². The van der Waals surface area contributed by atoms with E-state index in [1.165, 1.54) is 0 Å². The van der Waals surface area contributed by atoms with E-state index >= 15 is 0 Å². The molecule has 20 fully saturated rings. The van der Waals surface area contributed by atoms with E-state index in [9.17, 15) is 0 Å². The Hall–Kier alpha value is -0.662. The first-order valence-corrected chi connectivity index (χ1v) is 73.2. The predicted molar refractivity (Wildman–Crippen MR) is 570 cm³/mol. The van der Waals surface area contributed by atoms with E-state index in [1.807, 2.05) is 24.3 Å². The topological polar surface area (TPSA) is 323 Å². The van der Waals surface area contributed by atoms with Gasteiger partial charge in [0.1, 0.15) is 171 Å². The van der Waals surface area contributed by atoms with Crippen LogP contribution in [0.15, 0.2) is 24.3 Å². The third kappa shape index (κ3) is 28.8. The van der Waals surface area contributed by atoms with Gasteiger partial charge in [-0.05, 0) is 138 Å². The molecule has 35 atom stereocenters. The molecule has 0 amide bonds. The zero-order valence-corrected chi connectivity index (χ0v) is 105. The maximum atomic E-state index is 7.86. The lowest BCUT2D eigenvalue weighted by molar-refractivity contribution is -0.404. The molecule has 1 aromatic rings. The molecular formula is C104H198O35Si7. The van der Waals surface area contributed by atoms with Crippen LogP contribution in [0.4, 0.5) is 0 Å². The number of rotatable bonds is 33. The Kier molecular flexibility index (Phi) is 44.0. The molecule has 0 aliphatic carbocycles. The number of ether oxygens (including phenoxy) is 28. The molecule has 42 heteroatoms. The van der Waals surface area contributed by atoms with Crippen LogP contribution in [0.3, 0.4) is 0 Å². The van der Waals surface area contributed by atoms with Crippen molar-refractivity contribution < 1.29 is 164 Å². The van der Waals surface area contributed by atoms with E-state index in [0.29, 0.717) is 0 Å². The SMILES string of the molecule is COC1C2OC(CO[Si](C)(C)C(C)(C)C)C(OC3OC(CO[Si](C)(C)C(C)(C)C)C(OC4OC(CO[Si](C)(C)C(C)(C)C)C(OC5OC(CO[Si](C)(C)C(C)(C)C)C(OC6OC(CO[Si](C)(C)C(C)(C)C)C(OC7OC(CO[Si](C)(C)C(C)(C)C)C(OC8OC(CO[Si](C)(C)C(C)(C)C)C(O2)C(OC)C8OC)C(OC)C7OC)C(OC)C6OC)C2OCc6ccccc6COC52)C(OC)C4OC)C(OC)C3OC)C1OC. The van der Waals surface area contributed by atoms with Crippen molar-refractivity contribution in [1.29, 1.82) is 0 Å². The lowest BCUT2D eigenvalue weighted by Crippen LogP contribution is -2.70. The van der Waals surface area contributed by atoms with Crippen molar-refractivity contribution in [3.8, 4) is 0 Å². The molecule has 0 aromatic heterocycles. The van der Waals surface area contributed by atoms with Crippen molar-refractivity contribution in [2.45, 2.75) is 500 Å². The Morgan fingerprint density at radius 1 is 0.192 bits per heavy atom. The van der Waals surface area contributed by atoms with Crippen molar-refractivity contribution in [3.05, 3.63) is 35.4 Å². The molecule has 35 nitrogen and oxygen atoms in total. The van der Waals surface area contributed by atoms with Gasteiger partial charge in [-0.25, -0.2) is 0 Å². The first-order chi connectivity index (χ1) is 67.5. The van der Waals surface area contributed by atoms with Crippen LogP contribution in [0.2, 0.25) is 127 Å². The second-order valence-corrected chi connectivity index (χ2v) is 85.4. The van der Waals surface area contributed by atoms with Gasteiger partial charge in [0.2, 0.25) is 0 Å². The number of hydrogen-bond acceptors (Lipinski definition) is 35. The molecule has 21 heterocycles. The summed E-state index contributed by atoms with van der Waals surface area (Å²) in [6.07, 6.45) is -38.8. The molecule has 0 spiro atoms.